The van der Waals surface area contributed by atoms with Gasteiger partial charge in [0.2, 0.25) is 5.13 Å². The fourth-order valence-electron chi connectivity index (χ4n) is 1.90. The third-order valence-corrected chi connectivity index (χ3v) is 3.58. The van der Waals surface area contributed by atoms with Crippen LogP contribution in [0.15, 0.2) is 0 Å². The topological polar surface area (TPSA) is 49.8 Å². The molecule has 0 amide bonds. The second-order valence-electron chi connectivity index (χ2n) is 4.62. The Morgan fingerprint density at radius 1 is 1.56 bits per heavy atom. The molecule has 2 heterocycles. The molecule has 0 saturated carbocycles. The number of hydrogen-bond acceptors (Lipinski definition) is 5. The second kappa shape index (κ2) is 5.59. The van der Waals surface area contributed by atoms with Gasteiger partial charge in [0.05, 0.1) is 0 Å². The van der Waals surface area contributed by atoms with Gasteiger partial charge in [0.15, 0.2) is 0 Å². The molecule has 5 heteroatoms. The van der Waals surface area contributed by atoms with Crippen LogP contribution in [-0.4, -0.2) is 28.5 Å². The smallest absolute Gasteiger partial charge is 0.202 e. The van der Waals surface area contributed by atoms with Gasteiger partial charge in [-0.2, -0.15) is 4.37 Å². The Bertz CT molecular complexity index is 318. The summed E-state index contributed by atoms with van der Waals surface area (Å²) in [5, 5.41) is 7.81. The van der Waals surface area contributed by atoms with E-state index >= 15 is 0 Å². The van der Waals surface area contributed by atoms with Crippen LogP contribution in [0.1, 0.15) is 44.9 Å². The van der Waals surface area contributed by atoms with Gasteiger partial charge in [0.1, 0.15) is 5.82 Å². The first-order chi connectivity index (χ1) is 7.75. The molecule has 1 atom stereocenters. The molecule has 1 saturated heterocycles. The molecule has 0 bridgehead atoms. The normalized spacial score (nSPS) is 20.6. The lowest BCUT2D eigenvalue weighted by Gasteiger charge is -2.09. The SMILES string of the molecule is CC(C)c1nsc(NCC[C@H]2CCCN2)n1. The molecule has 0 aliphatic carbocycles. The van der Waals surface area contributed by atoms with Crippen LogP contribution in [0, 0.1) is 0 Å². The maximum atomic E-state index is 4.45. The second-order valence-corrected chi connectivity index (χ2v) is 5.37. The zero-order valence-electron chi connectivity index (χ0n) is 9.99. The molecule has 1 fully saturated rings. The molecule has 0 aromatic carbocycles. The van der Waals surface area contributed by atoms with Gasteiger partial charge in [-0.3, -0.25) is 0 Å². The fraction of sp³-hybridized carbons (Fsp3) is 0.818. The summed E-state index contributed by atoms with van der Waals surface area (Å²) in [6.45, 7) is 6.41. The first-order valence-electron chi connectivity index (χ1n) is 6.06. The quantitative estimate of drug-likeness (QED) is 0.828. The van der Waals surface area contributed by atoms with E-state index in [9.17, 15) is 0 Å². The van der Waals surface area contributed by atoms with E-state index in [-0.39, 0.29) is 0 Å². The predicted molar refractivity (Wildman–Crippen MR) is 68.1 cm³/mol. The van der Waals surface area contributed by atoms with E-state index in [2.05, 4.69) is 33.8 Å². The summed E-state index contributed by atoms with van der Waals surface area (Å²) in [6.07, 6.45) is 3.81. The van der Waals surface area contributed by atoms with Gasteiger partial charge in [0.25, 0.3) is 0 Å². The fourth-order valence-corrected chi connectivity index (χ4v) is 2.63. The van der Waals surface area contributed by atoms with Crippen LogP contribution < -0.4 is 10.6 Å². The molecular weight excluding hydrogens is 220 g/mol. The average Bonchev–Trinajstić information content (AvgIpc) is 2.87. The van der Waals surface area contributed by atoms with E-state index in [0.717, 1.165) is 17.5 Å². The minimum atomic E-state index is 0.420. The first-order valence-corrected chi connectivity index (χ1v) is 6.84. The number of hydrogen-bond donors (Lipinski definition) is 2. The van der Waals surface area contributed by atoms with Crippen molar-refractivity contribution in [2.45, 2.75) is 45.1 Å². The van der Waals surface area contributed by atoms with Crippen molar-refractivity contribution in [3.05, 3.63) is 5.82 Å². The molecule has 2 rings (SSSR count). The summed E-state index contributed by atoms with van der Waals surface area (Å²) in [7, 11) is 0. The van der Waals surface area contributed by atoms with Crippen LogP contribution in [-0.2, 0) is 0 Å². The Kier molecular flexibility index (Phi) is 4.12. The molecule has 4 nitrogen and oxygen atoms in total. The van der Waals surface area contributed by atoms with Crippen molar-refractivity contribution in [3.8, 4) is 0 Å². The minimum Gasteiger partial charge on any atom is -0.360 e. The predicted octanol–water partition coefficient (Wildman–Crippen LogP) is 2.22. The monoisotopic (exact) mass is 240 g/mol. The molecule has 90 valence electrons. The van der Waals surface area contributed by atoms with Crippen LogP contribution >= 0.6 is 11.5 Å². The zero-order chi connectivity index (χ0) is 11.4. The van der Waals surface area contributed by atoms with E-state index in [0.29, 0.717) is 12.0 Å². The third-order valence-electron chi connectivity index (χ3n) is 2.89. The molecular formula is C11H20N4S. The van der Waals surface area contributed by atoms with Crippen LogP contribution in [0.4, 0.5) is 5.13 Å². The molecule has 16 heavy (non-hydrogen) atoms. The lowest BCUT2D eigenvalue weighted by Crippen LogP contribution is -2.24. The number of nitrogens with zero attached hydrogens (tertiary/aromatic N) is 2. The van der Waals surface area contributed by atoms with Crippen molar-refractivity contribution in [2.75, 3.05) is 18.4 Å². The Morgan fingerprint density at radius 2 is 2.44 bits per heavy atom. The van der Waals surface area contributed by atoms with Crippen molar-refractivity contribution >= 4 is 16.7 Å². The molecule has 0 unspecified atom stereocenters. The molecule has 1 aromatic rings. The Hall–Kier alpha value is -0.680. The summed E-state index contributed by atoms with van der Waals surface area (Å²) in [4.78, 5) is 4.45. The number of rotatable bonds is 5. The molecule has 0 radical (unpaired) electrons. The summed E-state index contributed by atoms with van der Waals surface area (Å²) in [5.41, 5.74) is 0. The molecule has 1 aliphatic heterocycles. The molecule has 1 aliphatic rings. The van der Waals surface area contributed by atoms with E-state index in [1.807, 2.05) is 0 Å². The average molecular weight is 240 g/mol. The standard InChI is InChI=1S/C11H20N4S/c1-8(2)10-14-11(16-15-10)13-7-5-9-4-3-6-12-9/h8-9,12H,3-7H2,1-2H3,(H,13,14,15)/t9-/m1/s1. The van der Waals surface area contributed by atoms with Crippen LogP contribution in [0.25, 0.3) is 0 Å². The van der Waals surface area contributed by atoms with Crippen molar-refractivity contribution in [3.63, 3.8) is 0 Å². The Balaban J connectivity index is 1.72. The zero-order valence-corrected chi connectivity index (χ0v) is 10.8. The van der Waals surface area contributed by atoms with Crippen molar-refractivity contribution in [2.24, 2.45) is 0 Å². The summed E-state index contributed by atoms with van der Waals surface area (Å²) >= 11 is 1.47. The van der Waals surface area contributed by atoms with Gasteiger partial charge >= 0.3 is 0 Å². The summed E-state index contributed by atoms with van der Waals surface area (Å²) < 4.78 is 4.32. The van der Waals surface area contributed by atoms with E-state index in [1.165, 1.54) is 37.3 Å². The van der Waals surface area contributed by atoms with Crippen LogP contribution in [0.5, 0.6) is 0 Å². The lowest BCUT2D eigenvalue weighted by atomic mass is 10.2. The Morgan fingerprint density at radius 3 is 3.06 bits per heavy atom. The van der Waals surface area contributed by atoms with Gasteiger partial charge < -0.3 is 10.6 Å². The number of aromatic nitrogens is 2. The van der Waals surface area contributed by atoms with Crippen LogP contribution in [0.3, 0.4) is 0 Å². The number of anilines is 1. The van der Waals surface area contributed by atoms with E-state index < -0.39 is 0 Å². The summed E-state index contributed by atoms with van der Waals surface area (Å²) in [5.74, 6) is 1.37. The van der Waals surface area contributed by atoms with Gasteiger partial charge in [0, 0.05) is 30.0 Å². The van der Waals surface area contributed by atoms with Gasteiger partial charge in [-0.05, 0) is 25.8 Å². The van der Waals surface area contributed by atoms with Crippen molar-refractivity contribution in [1.82, 2.24) is 14.7 Å². The van der Waals surface area contributed by atoms with Gasteiger partial charge in [-0.15, -0.1) is 0 Å². The highest BCUT2D eigenvalue weighted by molar-refractivity contribution is 7.09. The third kappa shape index (κ3) is 3.15. The lowest BCUT2D eigenvalue weighted by molar-refractivity contribution is 0.574. The minimum absolute atomic E-state index is 0.420. The molecule has 0 spiro atoms. The highest BCUT2D eigenvalue weighted by Crippen LogP contribution is 2.17. The van der Waals surface area contributed by atoms with Crippen molar-refractivity contribution < 1.29 is 0 Å². The first kappa shape index (κ1) is 11.8. The largest absolute Gasteiger partial charge is 0.360 e. The Labute approximate surface area is 101 Å². The van der Waals surface area contributed by atoms with Crippen molar-refractivity contribution in [1.29, 1.82) is 0 Å². The molecule has 1 aromatic heterocycles. The maximum absolute atomic E-state index is 4.45. The highest BCUT2D eigenvalue weighted by Gasteiger charge is 2.13. The molecule has 2 N–H and O–H groups in total. The highest BCUT2D eigenvalue weighted by atomic mass is 32.1. The van der Waals surface area contributed by atoms with Gasteiger partial charge in [-0.1, -0.05) is 13.8 Å². The van der Waals surface area contributed by atoms with E-state index in [4.69, 9.17) is 0 Å². The van der Waals surface area contributed by atoms with E-state index in [1.54, 1.807) is 0 Å². The number of nitrogens with one attached hydrogen (secondary N) is 2. The maximum Gasteiger partial charge on any atom is 0.202 e. The van der Waals surface area contributed by atoms with Gasteiger partial charge in [-0.25, -0.2) is 4.98 Å². The van der Waals surface area contributed by atoms with Crippen LogP contribution in [0.2, 0.25) is 0 Å². The summed E-state index contributed by atoms with van der Waals surface area (Å²) in [6, 6.07) is 0.699.